The minimum Gasteiger partial charge on any atom is -0.313 e. The number of nitrogens with zero attached hydrogens (tertiary/aromatic N) is 3. The molecular formula is C28H31N3O4S2. The molecule has 4 aromatic rings. The van der Waals surface area contributed by atoms with Crippen molar-refractivity contribution in [1.29, 1.82) is 0 Å². The number of rotatable bonds is 11. The van der Waals surface area contributed by atoms with Crippen molar-refractivity contribution in [3.05, 3.63) is 114 Å². The molecule has 9 heteroatoms. The van der Waals surface area contributed by atoms with Gasteiger partial charge in [0.1, 0.15) is 0 Å². The number of hydrogen-bond donors (Lipinski definition) is 0. The summed E-state index contributed by atoms with van der Waals surface area (Å²) in [4.78, 5) is 4.52. The third-order valence-corrected chi connectivity index (χ3v) is 9.27. The molecule has 37 heavy (non-hydrogen) atoms. The Hall–Kier alpha value is -3.27. The highest BCUT2D eigenvalue weighted by atomic mass is 32.2. The standard InChI is InChI=1S/C28H31N3O4S2/c1-23(2)19-30(37(34,35)27-16-10-5-11-17-27)21-26-18-29-28(31(26)20-24-12-6-3-7-13-24)36(32,33)22-25-14-8-4-9-15-25/h3-18,23H,19-22H2,1-2H3. The summed E-state index contributed by atoms with van der Waals surface area (Å²) in [6.45, 7) is 4.42. The molecule has 0 aliphatic rings. The fourth-order valence-corrected chi connectivity index (χ4v) is 7.22. The van der Waals surface area contributed by atoms with Crippen molar-refractivity contribution in [3.8, 4) is 0 Å². The van der Waals surface area contributed by atoms with Crippen molar-refractivity contribution in [2.45, 2.75) is 42.7 Å². The van der Waals surface area contributed by atoms with Crippen LogP contribution in [0, 0.1) is 5.92 Å². The fraction of sp³-hybridized carbons (Fsp3) is 0.250. The second kappa shape index (κ2) is 11.4. The summed E-state index contributed by atoms with van der Waals surface area (Å²) in [5.74, 6) is -0.137. The lowest BCUT2D eigenvalue weighted by molar-refractivity contribution is 0.353. The van der Waals surface area contributed by atoms with Crippen molar-refractivity contribution in [1.82, 2.24) is 13.9 Å². The van der Waals surface area contributed by atoms with E-state index in [-0.39, 0.29) is 41.4 Å². The molecule has 0 unspecified atom stereocenters. The van der Waals surface area contributed by atoms with Crippen LogP contribution < -0.4 is 0 Å². The Morgan fingerprint density at radius 1 is 0.784 bits per heavy atom. The van der Waals surface area contributed by atoms with Crippen LogP contribution in [0.5, 0.6) is 0 Å². The molecule has 0 radical (unpaired) electrons. The van der Waals surface area contributed by atoms with Crippen LogP contribution in [-0.2, 0) is 38.7 Å². The molecule has 0 amide bonds. The molecule has 0 atom stereocenters. The van der Waals surface area contributed by atoms with Crippen LogP contribution in [-0.4, -0.2) is 37.2 Å². The molecule has 0 aliphatic heterocycles. The maximum Gasteiger partial charge on any atom is 0.243 e. The average molecular weight is 538 g/mol. The van der Waals surface area contributed by atoms with Gasteiger partial charge in [-0.05, 0) is 29.2 Å². The molecule has 0 saturated heterocycles. The van der Waals surface area contributed by atoms with E-state index < -0.39 is 19.9 Å². The Labute approximate surface area is 219 Å². The second-order valence-electron chi connectivity index (χ2n) is 9.35. The van der Waals surface area contributed by atoms with Gasteiger partial charge in [-0.1, -0.05) is 92.7 Å². The van der Waals surface area contributed by atoms with Crippen molar-refractivity contribution in [2.75, 3.05) is 6.54 Å². The molecule has 4 rings (SSSR count). The zero-order valence-corrected chi connectivity index (χ0v) is 22.6. The Morgan fingerprint density at radius 3 is 1.89 bits per heavy atom. The summed E-state index contributed by atoms with van der Waals surface area (Å²) in [5.41, 5.74) is 2.06. The van der Waals surface area contributed by atoms with Crippen molar-refractivity contribution in [2.24, 2.45) is 5.92 Å². The molecule has 0 aliphatic carbocycles. The molecule has 0 saturated carbocycles. The molecule has 194 valence electrons. The lowest BCUT2D eigenvalue weighted by Gasteiger charge is -2.25. The first-order valence-corrected chi connectivity index (χ1v) is 15.2. The molecule has 0 spiro atoms. The van der Waals surface area contributed by atoms with E-state index in [9.17, 15) is 16.8 Å². The Balaban J connectivity index is 1.76. The van der Waals surface area contributed by atoms with E-state index in [0.29, 0.717) is 11.3 Å². The van der Waals surface area contributed by atoms with Gasteiger partial charge in [-0.15, -0.1) is 0 Å². The van der Waals surface area contributed by atoms with Gasteiger partial charge in [0.2, 0.25) is 25.0 Å². The predicted molar refractivity (Wildman–Crippen MR) is 144 cm³/mol. The van der Waals surface area contributed by atoms with Crippen LogP contribution in [0.2, 0.25) is 0 Å². The maximum atomic E-state index is 13.6. The van der Waals surface area contributed by atoms with Crippen LogP contribution in [0.4, 0.5) is 0 Å². The summed E-state index contributed by atoms with van der Waals surface area (Å²) in [6.07, 6.45) is 1.48. The number of benzene rings is 3. The van der Waals surface area contributed by atoms with Gasteiger partial charge in [-0.3, -0.25) is 0 Å². The highest BCUT2D eigenvalue weighted by molar-refractivity contribution is 7.90. The summed E-state index contributed by atoms with van der Waals surface area (Å²) < 4.78 is 57.1. The van der Waals surface area contributed by atoms with Gasteiger partial charge in [-0.25, -0.2) is 21.8 Å². The third-order valence-electron chi connectivity index (χ3n) is 5.85. The van der Waals surface area contributed by atoms with Crippen LogP contribution >= 0.6 is 0 Å². The second-order valence-corrected chi connectivity index (χ2v) is 13.2. The van der Waals surface area contributed by atoms with Crippen molar-refractivity contribution in [3.63, 3.8) is 0 Å². The first-order chi connectivity index (χ1) is 17.7. The Bertz CT molecular complexity index is 1520. The zero-order valence-electron chi connectivity index (χ0n) is 20.9. The molecule has 1 aromatic heterocycles. The number of imidazole rings is 1. The Morgan fingerprint density at radius 2 is 1.32 bits per heavy atom. The molecule has 3 aromatic carbocycles. The van der Waals surface area contributed by atoms with E-state index in [1.54, 1.807) is 59.2 Å². The fourth-order valence-electron chi connectivity index (χ4n) is 4.14. The zero-order chi connectivity index (χ0) is 26.5. The minimum absolute atomic E-state index is 0.00387. The van der Waals surface area contributed by atoms with E-state index in [2.05, 4.69) is 4.98 Å². The van der Waals surface area contributed by atoms with Gasteiger partial charge in [0, 0.05) is 6.54 Å². The van der Waals surface area contributed by atoms with Crippen LogP contribution in [0.15, 0.2) is 107 Å². The normalized spacial score (nSPS) is 12.3. The van der Waals surface area contributed by atoms with Gasteiger partial charge in [0.15, 0.2) is 0 Å². The van der Waals surface area contributed by atoms with E-state index in [4.69, 9.17) is 0 Å². The van der Waals surface area contributed by atoms with E-state index in [1.165, 1.54) is 10.5 Å². The predicted octanol–water partition coefficient (Wildman–Crippen LogP) is 4.75. The average Bonchev–Trinajstić information content (AvgIpc) is 3.28. The summed E-state index contributed by atoms with van der Waals surface area (Å²) in [7, 11) is -7.62. The van der Waals surface area contributed by atoms with Gasteiger partial charge in [-0.2, -0.15) is 4.31 Å². The van der Waals surface area contributed by atoms with Crippen LogP contribution in [0.3, 0.4) is 0 Å². The molecule has 7 nitrogen and oxygen atoms in total. The van der Waals surface area contributed by atoms with Crippen molar-refractivity contribution >= 4 is 19.9 Å². The van der Waals surface area contributed by atoms with E-state index in [0.717, 1.165) is 5.56 Å². The smallest absolute Gasteiger partial charge is 0.243 e. The lowest BCUT2D eigenvalue weighted by Crippen LogP contribution is -2.34. The third kappa shape index (κ3) is 6.54. The molecular weight excluding hydrogens is 506 g/mol. The lowest BCUT2D eigenvalue weighted by atomic mass is 10.2. The van der Waals surface area contributed by atoms with Crippen molar-refractivity contribution < 1.29 is 16.8 Å². The SMILES string of the molecule is CC(C)CN(Cc1cnc(S(=O)(=O)Cc2ccccc2)n1Cc1ccccc1)S(=O)(=O)c1ccccc1. The first kappa shape index (κ1) is 26.8. The van der Waals surface area contributed by atoms with Gasteiger partial charge >= 0.3 is 0 Å². The van der Waals surface area contributed by atoms with E-state index in [1.807, 2.05) is 50.2 Å². The molecule has 0 bridgehead atoms. The van der Waals surface area contributed by atoms with Gasteiger partial charge in [0.05, 0.1) is 35.6 Å². The largest absolute Gasteiger partial charge is 0.313 e. The minimum atomic E-state index is -3.82. The number of sulfonamides is 1. The number of hydrogen-bond acceptors (Lipinski definition) is 5. The summed E-state index contributed by atoms with van der Waals surface area (Å²) in [6, 6.07) is 26.7. The highest BCUT2D eigenvalue weighted by Crippen LogP contribution is 2.24. The highest BCUT2D eigenvalue weighted by Gasteiger charge is 2.29. The first-order valence-electron chi connectivity index (χ1n) is 12.1. The van der Waals surface area contributed by atoms with Crippen LogP contribution in [0.25, 0.3) is 0 Å². The van der Waals surface area contributed by atoms with Gasteiger partial charge in [0.25, 0.3) is 0 Å². The Kier molecular flexibility index (Phi) is 8.26. The summed E-state index contributed by atoms with van der Waals surface area (Å²) in [5, 5.41) is -0.0724. The monoisotopic (exact) mass is 537 g/mol. The van der Waals surface area contributed by atoms with E-state index >= 15 is 0 Å². The molecule has 1 heterocycles. The number of sulfone groups is 1. The maximum absolute atomic E-state index is 13.6. The molecule has 0 fully saturated rings. The topological polar surface area (TPSA) is 89.3 Å². The number of aromatic nitrogens is 2. The van der Waals surface area contributed by atoms with Crippen LogP contribution in [0.1, 0.15) is 30.7 Å². The van der Waals surface area contributed by atoms with Gasteiger partial charge < -0.3 is 4.57 Å². The summed E-state index contributed by atoms with van der Waals surface area (Å²) >= 11 is 0. The quantitative estimate of drug-likeness (QED) is 0.275. The molecule has 0 N–H and O–H groups in total.